The predicted octanol–water partition coefficient (Wildman–Crippen LogP) is 0.921. The molecule has 0 atom stereocenters. The molecule has 98 valence electrons. The Bertz CT molecular complexity index is 613. The van der Waals surface area contributed by atoms with Gasteiger partial charge in [0.05, 0.1) is 10.7 Å². The number of halogens is 1. The Labute approximate surface area is 110 Å². The average molecular weight is 291 g/mol. The molecule has 1 N–H and O–H groups in total. The van der Waals surface area contributed by atoms with Crippen molar-refractivity contribution in [3.63, 3.8) is 0 Å². The Kier molecular flexibility index (Phi) is 3.22. The first-order valence-electron chi connectivity index (χ1n) is 5.01. The number of hydrogen-bond donors (Lipinski definition) is 1. The summed E-state index contributed by atoms with van der Waals surface area (Å²) in [5.74, 6) is -0.0128. The summed E-state index contributed by atoms with van der Waals surface area (Å²) >= 11 is 5.92. The fraction of sp³-hybridized carbons (Fsp3) is 0.300. The van der Waals surface area contributed by atoms with Gasteiger partial charge < -0.3 is 10.1 Å². The summed E-state index contributed by atoms with van der Waals surface area (Å²) in [6.45, 7) is -0.143. The van der Waals surface area contributed by atoms with Gasteiger partial charge in [-0.2, -0.15) is 0 Å². The van der Waals surface area contributed by atoms with E-state index >= 15 is 0 Å². The standard InChI is InChI=1S/C10H11ClN2O4S/c1-13(2)18(15,16)9-4-8-7(3-6(9)11)12-10(14)5-17-8/h3-4H,5H2,1-2H3,(H,12,14). The highest BCUT2D eigenvalue weighted by Gasteiger charge is 2.25. The van der Waals surface area contributed by atoms with Crippen LogP contribution in [0, 0.1) is 0 Å². The molecule has 1 aliphatic rings. The van der Waals surface area contributed by atoms with Gasteiger partial charge in [-0.1, -0.05) is 11.6 Å². The highest BCUT2D eigenvalue weighted by atomic mass is 35.5. The Balaban J connectivity index is 2.56. The van der Waals surface area contributed by atoms with E-state index in [0.29, 0.717) is 11.4 Å². The van der Waals surface area contributed by atoms with E-state index in [4.69, 9.17) is 16.3 Å². The number of carbonyl (C=O) groups is 1. The van der Waals surface area contributed by atoms with Crippen molar-refractivity contribution in [2.75, 3.05) is 26.0 Å². The molecule has 8 heteroatoms. The number of sulfonamides is 1. The third kappa shape index (κ3) is 2.16. The maximum absolute atomic E-state index is 12.0. The van der Waals surface area contributed by atoms with Gasteiger partial charge in [0.25, 0.3) is 5.91 Å². The first-order valence-corrected chi connectivity index (χ1v) is 6.83. The summed E-state index contributed by atoms with van der Waals surface area (Å²) in [5.41, 5.74) is 0.369. The van der Waals surface area contributed by atoms with E-state index in [2.05, 4.69) is 5.32 Å². The van der Waals surface area contributed by atoms with E-state index < -0.39 is 10.0 Å². The molecule has 2 rings (SSSR count). The molecule has 1 aromatic rings. The molecule has 0 fully saturated rings. The quantitative estimate of drug-likeness (QED) is 0.879. The number of carbonyl (C=O) groups excluding carboxylic acids is 1. The van der Waals surface area contributed by atoms with Crippen LogP contribution >= 0.6 is 11.6 Å². The summed E-state index contributed by atoms with van der Waals surface area (Å²) in [6.07, 6.45) is 0. The zero-order valence-corrected chi connectivity index (χ0v) is 11.3. The molecule has 0 aliphatic carbocycles. The molecule has 0 saturated heterocycles. The highest BCUT2D eigenvalue weighted by Crippen LogP contribution is 2.36. The summed E-state index contributed by atoms with van der Waals surface area (Å²) < 4.78 is 30.2. The van der Waals surface area contributed by atoms with Crippen molar-refractivity contribution in [3.05, 3.63) is 17.2 Å². The minimum absolute atomic E-state index is 0.0354. The van der Waals surface area contributed by atoms with Gasteiger partial charge in [-0.25, -0.2) is 12.7 Å². The van der Waals surface area contributed by atoms with E-state index in [1.807, 2.05) is 0 Å². The Morgan fingerprint density at radius 1 is 1.39 bits per heavy atom. The van der Waals surface area contributed by atoms with E-state index in [1.54, 1.807) is 0 Å². The summed E-state index contributed by atoms with van der Waals surface area (Å²) in [6, 6.07) is 2.68. The molecule has 0 unspecified atom stereocenters. The highest BCUT2D eigenvalue weighted by molar-refractivity contribution is 7.89. The van der Waals surface area contributed by atoms with Gasteiger partial charge in [0.2, 0.25) is 10.0 Å². The summed E-state index contributed by atoms with van der Waals surface area (Å²) in [7, 11) is -0.825. The van der Waals surface area contributed by atoms with E-state index in [1.165, 1.54) is 26.2 Å². The van der Waals surface area contributed by atoms with Crippen LogP contribution in [-0.4, -0.2) is 39.3 Å². The van der Waals surface area contributed by atoms with Gasteiger partial charge in [0.15, 0.2) is 6.61 Å². The summed E-state index contributed by atoms with van der Waals surface area (Å²) in [4.78, 5) is 11.1. The van der Waals surface area contributed by atoms with E-state index in [0.717, 1.165) is 4.31 Å². The molecule has 1 aliphatic heterocycles. The molecular weight excluding hydrogens is 280 g/mol. The number of benzene rings is 1. The van der Waals surface area contributed by atoms with Gasteiger partial charge in [0, 0.05) is 20.2 Å². The fourth-order valence-electron chi connectivity index (χ4n) is 1.48. The van der Waals surface area contributed by atoms with Crippen LogP contribution in [0.15, 0.2) is 17.0 Å². The van der Waals surface area contributed by atoms with Crippen LogP contribution in [0.1, 0.15) is 0 Å². The molecule has 0 bridgehead atoms. The molecule has 18 heavy (non-hydrogen) atoms. The lowest BCUT2D eigenvalue weighted by Gasteiger charge is -2.20. The van der Waals surface area contributed by atoms with E-state index in [-0.39, 0.29) is 22.4 Å². The van der Waals surface area contributed by atoms with Crippen molar-refractivity contribution >= 4 is 33.2 Å². The largest absolute Gasteiger partial charge is 0.482 e. The molecule has 0 spiro atoms. The molecule has 6 nitrogen and oxygen atoms in total. The van der Waals surface area contributed by atoms with Crippen molar-refractivity contribution in [1.82, 2.24) is 4.31 Å². The van der Waals surface area contributed by atoms with Crippen molar-refractivity contribution in [3.8, 4) is 5.75 Å². The Hall–Kier alpha value is -1.31. The normalized spacial score (nSPS) is 15.0. The SMILES string of the molecule is CN(C)S(=O)(=O)c1cc2c(cc1Cl)NC(=O)CO2. The number of amides is 1. The molecule has 1 amide bonds. The Morgan fingerprint density at radius 2 is 2.06 bits per heavy atom. The molecule has 0 saturated carbocycles. The van der Waals surface area contributed by atoms with Gasteiger partial charge in [-0.15, -0.1) is 0 Å². The number of nitrogens with one attached hydrogen (secondary N) is 1. The molecule has 1 aromatic carbocycles. The first-order chi connectivity index (χ1) is 8.32. The van der Waals surface area contributed by atoms with Crippen LogP contribution in [0.2, 0.25) is 5.02 Å². The van der Waals surface area contributed by atoms with Crippen LogP contribution in [0.3, 0.4) is 0 Å². The summed E-state index contributed by atoms with van der Waals surface area (Å²) in [5, 5.41) is 2.59. The molecular formula is C10H11ClN2O4S. The van der Waals surface area contributed by atoms with Gasteiger partial charge >= 0.3 is 0 Å². The van der Waals surface area contributed by atoms with Gasteiger partial charge in [-0.05, 0) is 6.07 Å². The third-order valence-electron chi connectivity index (χ3n) is 2.43. The van der Waals surface area contributed by atoms with Crippen molar-refractivity contribution in [1.29, 1.82) is 0 Å². The molecule has 1 heterocycles. The maximum Gasteiger partial charge on any atom is 0.262 e. The molecule has 0 radical (unpaired) electrons. The third-order valence-corrected chi connectivity index (χ3v) is 4.71. The van der Waals surface area contributed by atoms with Crippen molar-refractivity contribution in [2.24, 2.45) is 0 Å². The fourth-order valence-corrected chi connectivity index (χ4v) is 2.89. The monoisotopic (exact) mass is 290 g/mol. The molecule has 0 aromatic heterocycles. The predicted molar refractivity (Wildman–Crippen MR) is 66.4 cm³/mol. The number of anilines is 1. The Morgan fingerprint density at radius 3 is 2.67 bits per heavy atom. The minimum Gasteiger partial charge on any atom is -0.482 e. The second kappa shape index (κ2) is 4.42. The lowest BCUT2D eigenvalue weighted by atomic mass is 10.2. The maximum atomic E-state index is 12.0. The van der Waals surface area contributed by atoms with E-state index in [9.17, 15) is 13.2 Å². The minimum atomic E-state index is -3.65. The lowest BCUT2D eigenvalue weighted by Crippen LogP contribution is -2.26. The van der Waals surface area contributed by atoms with Crippen LogP contribution in [0.5, 0.6) is 5.75 Å². The van der Waals surface area contributed by atoms with Gasteiger partial charge in [0.1, 0.15) is 10.6 Å². The number of nitrogens with zero attached hydrogens (tertiary/aromatic N) is 1. The number of fused-ring (bicyclic) bond motifs is 1. The number of hydrogen-bond acceptors (Lipinski definition) is 4. The van der Waals surface area contributed by atoms with Crippen LogP contribution in [-0.2, 0) is 14.8 Å². The van der Waals surface area contributed by atoms with Gasteiger partial charge in [-0.3, -0.25) is 4.79 Å². The topological polar surface area (TPSA) is 75.7 Å². The smallest absolute Gasteiger partial charge is 0.262 e. The number of ether oxygens (including phenoxy) is 1. The zero-order valence-electron chi connectivity index (χ0n) is 9.73. The second-order valence-electron chi connectivity index (χ2n) is 3.90. The lowest BCUT2D eigenvalue weighted by molar-refractivity contribution is -0.118. The second-order valence-corrected chi connectivity index (χ2v) is 6.43. The van der Waals surface area contributed by atoms with Crippen LogP contribution in [0.4, 0.5) is 5.69 Å². The average Bonchev–Trinajstić information content (AvgIpc) is 2.27. The first kappa shape index (κ1) is 13.1. The van der Waals surface area contributed by atoms with Crippen molar-refractivity contribution < 1.29 is 17.9 Å². The number of rotatable bonds is 2. The van der Waals surface area contributed by atoms with Crippen LogP contribution in [0.25, 0.3) is 0 Å². The zero-order chi connectivity index (χ0) is 13.5. The van der Waals surface area contributed by atoms with Crippen molar-refractivity contribution in [2.45, 2.75) is 4.90 Å². The van der Waals surface area contributed by atoms with Crippen LogP contribution < -0.4 is 10.1 Å².